The average Bonchev–Trinajstić information content (AvgIpc) is 3.22. The van der Waals surface area contributed by atoms with Crippen LogP contribution in [0, 0.1) is 0 Å². The van der Waals surface area contributed by atoms with Gasteiger partial charge in [-0.1, -0.05) is 203 Å². The minimum Gasteiger partial charge on any atom is -0.462 e. The van der Waals surface area contributed by atoms with Gasteiger partial charge in [0, 0.05) is 6.42 Å². The van der Waals surface area contributed by atoms with E-state index in [1.54, 1.807) is 0 Å². The highest BCUT2D eigenvalue weighted by atomic mass is 16.5. The highest BCUT2D eigenvalue weighted by Gasteiger charge is 2.23. The second kappa shape index (κ2) is 45.4. The molecule has 0 bridgehead atoms. The summed E-state index contributed by atoms with van der Waals surface area (Å²) >= 11 is 0. The van der Waals surface area contributed by atoms with Crippen LogP contribution in [-0.2, 0) is 14.3 Å². The minimum atomic E-state index is -0.807. The summed E-state index contributed by atoms with van der Waals surface area (Å²) in [5.41, 5.74) is 0. The molecule has 0 rings (SSSR count). The molecular weight excluding hydrogens is 719 g/mol. The zero-order chi connectivity index (χ0) is 42.4. The zero-order valence-corrected chi connectivity index (χ0v) is 37.9. The molecule has 0 aliphatic carbocycles. The highest BCUT2D eigenvalue weighted by molar-refractivity contribution is 5.77. The van der Waals surface area contributed by atoms with Crippen molar-refractivity contribution < 1.29 is 24.5 Å². The second-order valence-electron chi connectivity index (χ2n) is 16.1. The maximum Gasteiger partial charge on any atom is 0.306 e. The Morgan fingerprint density at radius 2 is 0.948 bits per heavy atom. The molecule has 0 aromatic carbocycles. The van der Waals surface area contributed by atoms with Crippen LogP contribution in [0.15, 0.2) is 72.9 Å². The summed E-state index contributed by atoms with van der Waals surface area (Å²) < 4.78 is 5.85. The Morgan fingerprint density at radius 1 is 0.517 bits per heavy atom. The number of ether oxygens (including phenoxy) is 1. The molecule has 0 aromatic heterocycles. The Balaban J connectivity index is 4.71. The van der Waals surface area contributed by atoms with E-state index in [9.17, 15) is 19.8 Å². The van der Waals surface area contributed by atoms with E-state index < -0.39 is 18.2 Å². The molecule has 0 aromatic rings. The zero-order valence-electron chi connectivity index (χ0n) is 37.9. The molecule has 3 N–H and O–H groups in total. The molecule has 6 nitrogen and oxygen atoms in total. The van der Waals surface area contributed by atoms with Crippen molar-refractivity contribution in [1.29, 1.82) is 0 Å². The number of hydrogen-bond donors (Lipinski definition) is 3. The van der Waals surface area contributed by atoms with Crippen molar-refractivity contribution in [3.05, 3.63) is 72.9 Å². The van der Waals surface area contributed by atoms with E-state index in [0.717, 1.165) is 70.6 Å². The molecule has 58 heavy (non-hydrogen) atoms. The Bertz CT molecular complexity index is 1090. The van der Waals surface area contributed by atoms with E-state index in [2.05, 4.69) is 92.9 Å². The second-order valence-corrected chi connectivity index (χ2v) is 16.1. The third-order valence-corrected chi connectivity index (χ3v) is 10.5. The standard InChI is InChI=1S/C52H91NO5/c1-4-7-10-13-16-19-22-24-25-26-27-30-33-36-39-42-45-52(57)58-48(43-40-37-34-31-28-21-18-15-12-9-6-3)46-51(56)53-49(47-54)50(55)44-41-38-35-32-29-23-20-17-14-11-8-5-2/h7,10,16,19,24-25,27,30-31,34,36,39,48-50,54-55H,4-6,8-9,11-15,17-18,20-23,26,28-29,32-33,35,37-38,40-47H2,1-3H3,(H,53,56)/b10-7+,19-16+,25-24+,30-27+,34-31-,39-36+. The van der Waals surface area contributed by atoms with Gasteiger partial charge in [0.05, 0.1) is 25.2 Å². The van der Waals surface area contributed by atoms with Gasteiger partial charge in [-0.05, 0) is 77.0 Å². The fourth-order valence-corrected chi connectivity index (χ4v) is 6.89. The van der Waals surface area contributed by atoms with Gasteiger partial charge < -0.3 is 20.3 Å². The van der Waals surface area contributed by atoms with Crippen LogP contribution in [0.2, 0.25) is 0 Å². The number of aliphatic hydroxyl groups excluding tert-OH is 2. The molecule has 0 aliphatic rings. The number of unbranched alkanes of at least 4 members (excludes halogenated alkanes) is 18. The largest absolute Gasteiger partial charge is 0.462 e. The number of nitrogens with one attached hydrogen (secondary N) is 1. The summed E-state index contributed by atoms with van der Waals surface area (Å²) in [4.78, 5) is 26.0. The number of aliphatic hydroxyl groups is 2. The van der Waals surface area contributed by atoms with Gasteiger partial charge in [-0.15, -0.1) is 0 Å². The maximum atomic E-state index is 13.1. The first-order valence-electron chi connectivity index (χ1n) is 24.2. The minimum absolute atomic E-state index is 0.0245. The van der Waals surface area contributed by atoms with Crippen molar-refractivity contribution in [1.82, 2.24) is 5.32 Å². The summed E-state index contributed by atoms with van der Waals surface area (Å²) in [7, 11) is 0. The van der Waals surface area contributed by atoms with Crippen LogP contribution in [-0.4, -0.2) is 46.9 Å². The number of hydrogen-bond acceptors (Lipinski definition) is 5. The monoisotopic (exact) mass is 810 g/mol. The van der Waals surface area contributed by atoms with E-state index >= 15 is 0 Å². The SMILES string of the molecule is CC/C=C/C/C=C/C/C=C/C/C=C/C/C=C/CCC(=O)OC(CCC/C=C\CCCCCCCC)CC(=O)NC(CO)C(O)CCCCCCCCCCCCCC. The van der Waals surface area contributed by atoms with Crippen molar-refractivity contribution in [3.8, 4) is 0 Å². The molecule has 0 radical (unpaired) electrons. The lowest BCUT2D eigenvalue weighted by atomic mass is 10.0. The van der Waals surface area contributed by atoms with Gasteiger partial charge in [0.2, 0.25) is 5.91 Å². The van der Waals surface area contributed by atoms with Crippen LogP contribution in [0.1, 0.15) is 220 Å². The lowest BCUT2D eigenvalue weighted by Gasteiger charge is -2.24. The number of carbonyl (C=O) groups excluding carboxylic acids is 2. The average molecular weight is 810 g/mol. The third-order valence-electron chi connectivity index (χ3n) is 10.5. The van der Waals surface area contributed by atoms with E-state index in [1.807, 2.05) is 6.08 Å². The predicted octanol–water partition coefficient (Wildman–Crippen LogP) is 14.2. The van der Waals surface area contributed by atoms with Gasteiger partial charge in [-0.2, -0.15) is 0 Å². The topological polar surface area (TPSA) is 95.9 Å². The molecule has 334 valence electrons. The summed E-state index contributed by atoms with van der Waals surface area (Å²) in [6.45, 7) is 6.32. The highest BCUT2D eigenvalue weighted by Crippen LogP contribution is 2.16. The summed E-state index contributed by atoms with van der Waals surface area (Å²) in [6, 6.07) is -0.725. The van der Waals surface area contributed by atoms with E-state index in [-0.39, 0.29) is 31.3 Å². The van der Waals surface area contributed by atoms with Crippen molar-refractivity contribution in [2.24, 2.45) is 0 Å². The summed E-state index contributed by atoms with van der Waals surface area (Å²) in [5.74, 6) is -0.607. The molecule has 0 saturated carbocycles. The van der Waals surface area contributed by atoms with E-state index in [0.29, 0.717) is 19.3 Å². The molecule has 3 unspecified atom stereocenters. The lowest BCUT2D eigenvalue weighted by molar-refractivity contribution is -0.150. The van der Waals surface area contributed by atoms with Crippen molar-refractivity contribution in [3.63, 3.8) is 0 Å². The maximum absolute atomic E-state index is 13.1. The summed E-state index contributed by atoms with van der Waals surface area (Å²) in [5, 5.41) is 23.7. The molecule has 6 heteroatoms. The molecule has 0 fully saturated rings. The Kier molecular flexibility index (Phi) is 43.3. The predicted molar refractivity (Wildman–Crippen MR) is 250 cm³/mol. The first kappa shape index (κ1) is 55.3. The van der Waals surface area contributed by atoms with E-state index in [4.69, 9.17) is 4.74 Å². The van der Waals surface area contributed by atoms with Crippen LogP contribution in [0.4, 0.5) is 0 Å². The molecule has 1 amide bonds. The van der Waals surface area contributed by atoms with Gasteiger partial charge in [0.25, 0.3) is 0 Å². The fraction of sp³-hybridized carbons (Fsp3) is 0.731. The van der Waals surface area contributed by atoms with Crippen LogP contribution in [0.3, 0.4) is 0 Å². The quantitative estimate of drug-likeness (QED) is 0.0324. The van der Waals surface area contributed by atoms with Gasteiger partial charge in [-0.25, -0.2) is 0 Å². The number of carbonyl (C=O) groups is 2. The van der Waals surface area contributed by atoms with Crippen molar-refractivity contribution in [2.75, 3.05) is 6.61 Å². The number of amides is 1. The van der Waals surface area contributed by atoms with Gasteiger partial charge >= 0.3 is 5.97 Å². The third kappa shape index (κ3) is 40.1. The number of rotatable bonds is 42. The van der Waals surface area contributed by atoms with Crippen molar-refractivity contribution >= 4 is 11.9 Å². The summed E-state index contributed by atoms with van der Waals surface area (Å²) in [6.07, 6.45) is 56.9. The van der Waals surface area contributed by atoms with Gasteiger partial charge in [0.1, 0.15) is 6.10 Å². The molecule has 3 atom stereocenters. The molecular formula is C52H91NO5. The van der Waals surface area contributed by atoms with Crippen LogP contribution >= 0.6 is 0 Å². The molecule has 0 aliphatic heterocycles. The molecule has 0 spiro atoms. The van der Waals surface area contributed by atoms with Gasteiger partial charge in [-0.3, -0.25) is 9.59 Å². The smallest absolute Gasteiger partial charge is 0.306 e. The van der Waals surface area contributed by atoms with Crippen LogP contribution in [0.5, 0.6) is 0 Å². The van der Waals surface area contributed by atoms with Crippen molar-refractivity contribution in [2.45, 2.75) is 238 Å². The lowest BCUT2D eigenvalue weighted by Crippen LogP contribution is -2.46. The Labute approximate surface area is 358 Å². The fourth-order valence-electron chi connectivity index (χ4n) is 6.89. The normalized spacial score (nSPS) is 13.9. The Morgan fingerprint density at radius 3 is 1.45 bits per heavy atom. The number of esters is 1. The van der Waals surface area contributed by atoms with Crippen LogP contribution < -0.4 is 5.32 Å². The number of allylic oxidation sites excluding steroid dienone is 12. The van der Waals surface area contributed by atoms with E-state index in [1.165, 1.54) is 96.3 Å². The molecule has 0 heterocycles. The molecule has 0 saturated heterocycles. The Hall–Kier alpha value is -2.70. The first-order valence-corrected chi connectivity index (χ1v) is 24.2. The van der Waals surface area contributed by atoms with Gasteiger partial charge in [0.15, 0.2) is 0 Å². The first-order chi connectivity index (χ1) is 28.5. The van der Waals surface area contributed by atoms with Crippen LogP contribution in [0.25, 0.3) is 0 Å².